The molecule has 166 valence electrons. The highest BCUT2D eigenvalue weighted by Gasteiger charge is 2.50. The van der Waals surface area contributed by atoms with Gasteiger partial charge in [0.15, 0.2) is 5.78 Å². The molecule has 2 rings (SSSR count). The van der Waals surface area contributed by atoms with Gasteiger partial charge in [-0.05, 0) is 50.4 Å². The molecule has 1 fully saturated rings. The van der Waals surface area contributed by atoms with Crippen molar-refractivity contribution < 1.29 is 23.9 Å². The molecule has 3 unspecified atom stereocenters. The Hall–Kier alpha value is -2.45. The lowest BCUT2D eigenvalue weighted by atomic mass is 9.93. The number of nitrogens with one attached hydrogen (secondary N) is 3. The van der Waals surface area contributed by atoms with Crippen LogP contribution in [0.2, 0.25) is 0 Å². The predicted octanol–water partition coefficient (Wildman–Crippen LogP) is 0.831. The third-order valence-electron chi connectivity index (χ3n) is 5.14. The van der Waals surface area contributed by atoms with Crippen LogP contribution in [-0.2, 0) is 25.5 Å². The van der Waals surface area contributed by atoms with Crippen molar-refractivity contribution in [2.45, 2.75) is 51.3 Å². The van der Waals surface area contributed by atoms with Gasteiger partial charge in [-0.3, -0.25) is 14.4 Å². The van der Waals surface area contributed by atoms with Gasteiger partial charge in [0, 0.05) is 0 Å². The zero-order valence-corrected chi connectivity index (χ0v) is 18.4. The normalized spacial score (nSPS) is 19.7. The first-order chi connectivity index (χ1) is 14.2. The summed E-state index contributed by atoms with van der Waals surface area (Å²) >= 11 is 0. The number of methoxy groups -OCH3 is 1. The molecular weight excluding hydrogens is 386 g/mol. The number of ketones is 1. The molecular formula is C22H33N3O5. The Labute approximate surface area is 178 Å². The smallest absolute Gasteiger partial charge is 0.239 e. The van der Waals surface area contributed by atoms with E-state index in [1.54, 1.807) is 21.1 Å². The van der Waals surface area contributed by atoms with Crippen molar-refractivity contribution >= 4 is 17.6 Å². The van der Waals surface area contributed by atoms with Gasteiger partial charge in [0.05, 0.1) is 32.3 Å². The van der Waals surface area contributed by atoms with E-state index in [2.05, 4.69) is 16.0 Å². The summed E-state index contributed by atoms with van der Waals surface area (Å²) in [6.07, 6.45) is 0.992. The zero-order chi connectivity index (χ0) is 22.3. The van der Waals surface area contributed by atoms with E-state index in [0.717, 1.165) is 11.3 Å². The number of carbonyl (C=O) groups excluding carboxylic acids is 3. The second kappa shape index (κ2) is 10.5. The van der Waals surface area contributed by atoms with E-state index in [1.807, 2.05) is 38.1 Å². The Kier molecular flexibility index (Phi) is 8.37. The van der Waals surface area contributed by atoms with Crippen LogP contribution in [0.3, 0.4) is 0 Å². The number of amides is 2. The van der Waals surface area contributed by atoms with Crippen LogP contribution in [0.25, 0.3) is 0 Å². The number of hydrogen-bond donors (Lipinski definition) is 3. The molecule has 1 aromatic carbocycles. The number of ether oxygens (including phenoxy) is 2. The van der Waals surface area contributed by atoms with E-state index in [1.165, 1.54) is 0 Å². The fourth-order valence-corrected chi connectivity index (χ4v) is 3.18. The number of epoxide rings is 1. The highest BCUT2D eigenvalue weighted by molar-refractivity contribution is 5.97. The summed E-state index contributed by atoms with van der Waals surface area (Å²) in [6, 6.07) is 6.35. The Morgan fingerprint density at radius 3 is 2.30 bits per heavy atom. The molecule has 0 radical (unpaired) electrons. The molecule has 0 aromatic heterocycles. The van der Waals surface area contributed by atoms with Crippen LogP contribution in [0.1, 0.15) is 32.8 Å². The van der Waals surface area contributed by atoms with Crippen molar-refractivity contribution in [3.63, 3.8) is 0 Å². The summed E-state index contributed by atoms with van der Waals surface area (Å²) in [4.78, 5) is 37.5. The van der Waals surface area contributed by atoms with Gasteiger partial charge in [-0.15, -0.1) is 0 Å². The van der Waals surface area contributed by atoms with E-state index in [-0.39, 0.29) is 24.2 Å². The van der Waals surface area contributed by atoms with Gasteiger partial charge in [-0.1, -0.05) is 26.0 Å². The van der Waals surface area contributed by atoms with Crippen LogP contribution in [0, 0.1) is 5.92 Å². The first-order valence-electron chi connectivity index (χ1n) is 10.2. The number of hydrogen-bond acceptors (Lipinski definition) is 6. The molecule has 2 amide bonds. The zero-order valence-electron chi connectivity index (χ0n) is 18.4. The van der Waals surface area contributed by atoms with Crippen LogP contribution in [-0.4, -0.2) is 62.6 Å². The standard InChI is InChI=1S/C22H33N3O5/c1-14(2)10-17(20(27)22(3)13-30-22)25-19(26)12-24-21(28)18(23-4)11-15-6-8-16(29-5)9-7-15/h6-9,14,17-18,23H,10-13H2,1-5H3,(H,24,28)(H,25,26). The van der Waals surface area contributed by atoms with Crippen molar-refractivity contribution in [2.24, 2.45) is 5.92 Å². The maximum absolute atomic E-state index is 12.6. The van der Waals surface area contributed by atoms with E-state index >= 15 is 0 Å². The van der Waals surface area contributed by atoms with Crippen molar-refractivity contribution in [3.05, 3.63) is 29.8 Å². The summed E-state index contributed by atoms with van der Waals surface area (Å²) in [6.45, 7) is 5.89. The minimum absolute atomic E-state index is 0.122. The summed E-state index contributed by atoms with van der Waals surface area (Å²) in [5.41, 5.74) is 0.168. The molecule has 1 aliphatic rings. The van der Waals surface area contributed by atoms with Crippen molar-refractivity contribution in [3.8, 4) is 5.75 Å². The van der Waals surface area contributed by atoms with E-state index < -0.39 is 23.6 Å². The fraction of sp³-hybridized carbons (Fsp3) is 0.591. The molecule has 0 bridgehead atoms. The summed E-state index contributed by atoms with van der Waals surface area (Å²) in [7, 11) is 3.29. The molecule has 0 spiro atoms. The van der Waals surface area contributed by atoms with Crippen molar-refractivity contribution in [2.75, 3.05) is 27.3 Å². The van der Waals surface area contributed by atoms with Crippen molar-refractivity contribution in [1.82, 2.24) is 16.0 Å². The number of carbonyl (C=O) groups is 3. The van der Waals surface area contributed by atoms with Gasteiger partial charge in [0.2, 0.25) is 11.8 Å². The minimum atomic E-state index is -0.800. The Morgan fingerprint density at radius 1 is 1.17 bits per heavy atom. The molecule has 1 aliphatic heterocycles. The number of benzene rings is 1. The molecule has 1 heterocycles. The van der Waals surface area contributed by atoms with E-state index in [9.17, 15) is 14.4 Å². The molecule has 8 heteroatoms. The minimum Gasteiger partial charge on any atom is -0.497 e. The molecule has 0 saturated carbocycles. The average Bonchev–Trinajstić information content (AvgIpc) is 3.47. The van der Waals surface area contributed by atoms with E-state index in [0.29, 0.717) is 19.4 Å². The highest BCUT2D eigenvalue weighted by Crippen LogP contribution is 2.29. The van der Waals surface area contributed by atoms with Gasteiger partial charge in [-0.25, -0.2) is 0 Å². The lowest BCUT2D eigenvalue weighted by Crippen LogP contribution is -2.51. The molecule has 1 saturated heterocycles. The second-order valence-electron chi connectivity index (χ2n) is 8.24. The third-order valence-corrected chi connectivity index (χ3v) is 5.14. The fourth-order valence-electron chi connectivity index (χ4n) is 3.18. The lowest BCUT2D eigenvalue weighted by molar-refractivity contribution is -0.131. The van der Waals surface area contributed by atoms with E-state index in [4.69, 9.17) is 9.47 Å². The summed E-state index contributed by atoms with van der Waals surface area (Å²) < 4.78 is 10.4. The van der Waals surface area contributed by atoms with Crippen LogP contribution in [0.5, 0.6) is 5.75 Å². The molecule has 1 aromatic rings. The van der Waals surface area contributed by atoms with Crippen LogP contribution in [0.15, 0.2) is 24.3 Å². The summed E-state index contributed by atoms with van der Waals surface area (Å²) in [5, 5.41) is 8.37. The maximum atomic E-state index is 12.6. The van der Waals surface area contributed by atoms with Gasteiger partial charge < -0.3 is 25.4 Å². The quantitative estimate of drug-likeness (QED) is 0.433. The Bertz CT molecular complexity index is 744. The molecule has 0 aliphatic carbocycles. The average molecular weight is 420 g/mol. The number of rotatable bonds is 12. The molecule has 8 nitrogen and oxygen atoms in total. The first kappa shape index (κ1) is 23.8. The Morgan fingerprint density at radius 2 is 1.80 bits per heavy atom. The first-order valence-corrected chi connectivity index (χ1v) is 10.2. The second-order valence-corrected chi connectivity index (χ2v) is 8.24. The van der Waals surface area contributed by atoms with Crippen LogP contribution in [0.4, 0.5) is 0 Å². The third kappa shape index (κ3) is 6.81. The molecule has 3 atom stereocenters. The SMILES string of the molecule is CNC(Cc1ccc(OC)cc1)C(=O)NCC(=O)NC(CC(C)C)C(=O)C1(C)CO1. The largest absolute Gasteiger partial charge is 0.497 e. The van der Waals surface area contributed by atoms with Gasteiger partial charge in [0.1, 0.15) is 11.4 Å². The topological polar surface area (TPSA) is 109 Å². The Balaban J connectivity index is 1.87. The van der Waals surface area contributed by atoms with Gasteiger partial charge in [-0.2, -0.15) is 0 Å². The van der Waals surface area contributed by atoms with Gasteiger partial charge in [0.25, 0.3) is 0 Å². The lowest BCUT2D eigenvalue weighted by Gasteiger charge is -2.22. The van der Waals surface area contributed by atoms with Gasteiger partial charge >= 0.3 is 0 Å². The summed E-state index contributed by atoms with van der Waals surface area (Å²) in [5.74, 6) is 0.174. The predicted molar refractivity (Wildman–Crippen MR) is 113 cm³/mol. The monoisotopic (exact) mass is 419 g/mol. The number of likely N-dealkylation sites (N-methyl/N-ethyl adjacent to an activating group) is 1. The highest BCUT2D eigenvalue weighted by atomic mass is 16.6. The molecule has 30 heavy (non-hydrogen) atoms. The molecule has 3 N–H and O–H groups in total. The van der Waals surface area contributed by atoms with Crippen LogP contribution >= 0.6 is 0 Å². The van der Waals surface area contributed by atoms with Crippen LogP contribution < -0.4 is 20.7 Å². The maximum Gasteiger partial charge on any atom is 0.239 e. The number of Topliss-reactive ketones (excluding diaryl/α,β-unsaturated/α-hetero) is 1. The van der Waals surface area contributed by atoms with Crippen molar-refractivity contribution in [1.29, 1.82) is 0 Å².